The van der Waals surface area contributed by atoms with Crippen LogP contribution in [0.25, 0.3) is 28.3 Å². The molecule has 7 heteroatoms. The first-order chi connectivity index (χ1) is 15.5. The number of aromatic nitrogens is 2. The third-order valence-corrected chi connectivity index (χ3v) is 5.29. The number of ether oxygens (including phenoxy) is 1. The number of carbonyl (C=O) groups is 1. The summed E-state index contributed by atoms with van der Waals surface area (Å²) in [7, 11) is 1.41. The molecule has 4 rings (SSSR count). The number of phenolic OH excluding ortho intramolecular Hbond substituents is 2. The quantitative estimate of drug-likeness (QED) is 0.402. The fraction of sp³-hybridized carbons (Fsp3) is 0.120. The summed E-state index contributed by atoms with van der Waals surface area (Å²) in [5.41, 5.74) is 3.09. The Morgan fingerprint density at radius 2 is 1.59 bits per heavy atom. The molecular formula is C25H22N2O5. The number of carboxylic acids is 1. The zero-order valence-corrected chi connectivity index (χ0v) is 17.6. The normalized spacial score (nSPS) is 10.8. The van der Waals surface area contributed by atoms with E-state index in [4.69, 9.17) is 9.72 Å². The first-order valence-electron chi connectivity index (χ1n) is 10.1. The average molecular weight is 430 g/mol. The molecule has 0 saturated carbocycles. The van der Waals surface area contributed by atoms with Crippen molar-refractivity contribution < 1.29 is 24.9 Å². The van der Waals surface area contributed by atoms with E-state index in [1.54, 1.807) is 54.6 Å². The van der Waals surface area contributed by atoms with Gasteiger partial charge >= 0.3 is 5.97 Å². The highest BCUT2D eigenvalue weighted by Gasteiger charge is 2.24. The largest absolute Gasteiger partial charge is 0.507 e. The van der Waals surface area contributed by atoms with Gasteiger partial charge in [0.1, 0.15) is 28.6 Å². The molecule has 0 amide bonds. The summed E-state index contributed by atoms with van der Waals surface area (Å²) in [5.74, 6) is -0.277. The first kappa shape index (κ1) is 21.0. The molecular weight excluding hydrogens is 408 g/mol. The Bertz CT molecular complexity index is 1310. The average Bonchev–Trinajstić information content (AvgIpc) is 3.18. The van der Waals surface area contributed by atoms with Crippen LogP contribution in [0.5, 0.6) is 17.2 Å². The molecule has 1 aromatic heterocycles. The lowest BCUT2D eigenvalue weighted by atomic mass is 10.1. The number of aromatic carboxylic acids is 1. The smallest absolute Gasteiger partial charge is 0.339 e. The van der Waals surface area contributed by atoms with Crippen LogP contribution in [0.4, 0.5) is 0 Å². The molecule has 0 fully saturated rings. The van der Waals surface area contributed by atoms with E-state index in [0.29, 0.717) is 34.8 Å². The fourth-order valence-corrected chi connectivity index (χ4v) is 3.79. The van der Waals surface area contributed by atoms with Gasteiger partial charge in [-0.1, -0.05) is 31.2 Å². The van der Waals surface area contributed by atoms with Crippen LogP contribution in [0.3, 0.4) is 0 Å². The Hall–Kier alpha value is -4.26. The van der Waals surface area contributed by atoms with Crippen molar-refractivity contribution in [2.45, 2.75) is 13.3 Å². The van der Waals surface area contributed by atoms with Crippen LogP contribution < -0.4 is 4.74 Å². The molecule has 7 nitrogen and oxygen atoms in total. The van der Waals surface area contributed by atoms with Crippen molar-refractivity contribution in [1.82, 2.24) is 9.55 Å². The molecule has 0 radical (unpaired) electrons. The van der Waals surface area contributed by atoms with Crippen molar-refractivity contribution in [3.63, 3.8) is 0 Å². The highest BCUT2D eigenvalue weighted by Crippen LogP contribution is 2.39. The van der Waals surface area contributed by atoms with Crippen LogP contribution in [-0.2, 0) is 6.42 Å². The number of nitrogens with zero attached hydrogens (tertiary/aromatic N) is 2. The second kappa shape index (κ2) is 8.47. The van der Waals surface area contributed by atoms with E-state index in [2.05, 4.69) is 0 Å². The molecule has 0 atom stereocenters. The van der Waals surface area contributed by atoms with Gasteiger partial charge < -0.3 is 20.1 Å². The maximum atomic E-state index is 11.6. The number of benzene rings is 3. The van der Waals surface area contributed by atoms with Crippen LogP contribution in [0, 0.1) is 0 Å². The Balaban J connectivity index is 2.06. The number of para-hydroxylation sites is 2. The lowest BCUT2D eigenvalue weighted by Gasteiger charge is -2.15. The summed E-state index contributed by atoms with van der Waals surface area (Å²) in [6.07, 6.45) is 0.563. The predicted octanol–water partition coefficient (Wildman–Crippen LogP) is 4.89. The Morgan fingerprint density at radius 3 is 2.16 bits per heavy atom. The summed E-state index contributed by atoms with van der Waals surface area (Å²) in [6.45, 7) is 1.97. The van der Waals surface area contributed by atoms with Crippen molar-refractivity contribution in [2.75, 3.05) is 7.11 Å². The molecule has 0 aliphatic rings. The maximum Gasteiger partial charge on any atom is 0.339 e. The predicted molar refractivity (Wildman–Crippen MR) is 121 cm³/mol. The minimum absolute atomic E-state index is 0.0412. The molecule has 1 heterocycles. The molecule has 0 spiro atoms. The molecule has 3 N–H and O–H groups in total. The summed E-state index contributed by atoms with van der Waals surface area (Å²) in [5, 5.41) is 30.5. The standard InChI is InChI=1S/C25H22N2O5/c1-3-19-23(16-8-4-6-10-20(16)28)26-24(17-9-5-7-11-21(17)29)27(19)15-12-13-18(25(30)31)22(14-15)32-2/h4-14,28-29H,3H2,1-2H3,(H,30,31). The van der Waals surface area contributed by atoms with Crippen molar-refractivity contribution in [3.8, 4) is 45.6 Å². The van der Waals surface area contributed by atoms with Crippen molar-refractivity contribution in [2.24, 2.45) is 0 Å². The molecule has 0 aliphatic carbocycles. The van der Waals surface area contributed by atoms with Crippen LogP contribution in [-0.4, -0.2) is 37.9 Å². The Morgan fingerprint density at radius 1 is 0.969 bits per heavy atom. The number of methoxy groups -OCH3 is 1. The lowest BCUT2D eigenvalue weighted by molar-refractivity contribution is 0.0693. The van der Waals surface area contributed by atoms with Gasteiger partial charge in [0.25, 0.3) is 0 Å². The topological polar surface area (TPSA) is 105 Å². The monoisotopic (exact) mass is 430 g/mol. The zero-order valence-electron chi connectivity index (χ0n) is 17.6. The van der Waals surface area contributed by atoms with Gasteiger partial charge in [0.2, 0.25) is 0 Å². The van der Waals surface area contributed by atoms with E-state index in [9.17, 15) is 20.1 Å². The second-order valence-electron chi connectivity index (χ2n) is 7.14. The van der Waals surface area contributed by atoms with Gasteiger partial charge in [0.05, 0.1) is 29.7 Å². The van der Waals surface area contributed by atoms with Gasteiger partial charge in [-0.2, -0.15) is 0 Å². The zero-order chi connectivity index (χ0) is 22.8. The Labute approximate surface area is 184 Å². The van der Waals surface area contributed by atoms with E-state index >= 15 is 0 Å². The van der Waals surface area contributed by atoms with Gasteiger partial charge in [0.15, 0.2) is 0 Å². The molecule has 4 aromatic rings. The summed E-state index contributed by atoms with van der Waals surface area (Å²) < 4.78 is 7.17. The van der Waals surface area contributed by atoms with Gasteiger partial charge in [-0.25, -0.2) is 9.78 Å². The highest BCUT2D eigenvalue weighted by atomic mass is 16.5. The number of phenols is 2. The molecule has 162 valence electrons. The highest BCUT2D eigenvalue weighted by molar-refractivity contribution is 5.91. The number of aromatic hydroxyl groups is 2. The maximum absolute atomic E-state index is 11.6. The van der Waals surface area contributed by atoms with E-state index in [1.807, 2.05) is 17.6 Å². The first-order valence-corrected chi connectivity index (χ1v) is 10.1. The Kier molecular flexibility index (Phi) is 5.55. The van der Waals surface area contributed by atoms with E-state index in [0.717, 1.165) is 5.69 Å². The number of hydrogen-bond donors (Lipinski definition) is 3. The van der Waals surface area contributed by atoms with Gasteiger partial charge in [-0.3, -0.25) is 4.57 Å². The SMILES string of the molecule is CCc1c(-c2ccccc2O)nc(-c2ccccc2O)n1-c1ccc(C(=O)O)c(OC)c1. The minimum atomic E-state index is -1.09. The number of carboxylic acid groups (broad SMARTS) is 1. The summed E-state index contributed by atoms with van der Waals surface area (Å²) >= 11 is 0. The number of imidazole rings is 1. The van der Waals surface area contributed by atoms with Crippen molar-refractivity contribution in [3.05, 3.63) is 78.0 Å². The molecule has 0 unspecified atom stereocenters. The number of rotatable bonds is 6. The fourth-order valence-electron chi connectivity index (χ4n) is 3.79. The molecule has 3 aromatic carbocycles. The van der Waals surface area contributed by atoms with E-state index in [-0.39, 0.29) is 22.8 Å². The van der Waals surface area contributed by atoms with E-state index < -0.39 is 5.97 Å². The summed E-state index contributed by atoms with van der Waals surface area (Å²) in [4.78, 5) is 16.4. The minimum Gasteiger partial charge on any atom is -0.507 e. The van der Waals surface area contributed by atoms with Gasteiger partial charge in [-0.05, 0) is 42.8 Å². The van der Waals surface area contributed by atoms with Crippen LogP contribution in [0.1, 0.15) is 23.0 Å². The van der Waals surface area contributed by atoms with E-state index in [1.165, 1.54) is 13.2 Å². The second-order valence-corrected chi connectivity index (χ2v) is 7.14. The van der Waals surface area contributed by atoms with Gasteiger partial charge in [0, 0.05) is 11.6 Å². The lowest BCUT2D eigenvalue weighted by Crippen LogP contribution is -2.06. The molecule has 32 heavy (non-hydrogen) atoms. The van der Waals surface area contributed by atoms with Crippen LogP contribution in [0.15, 0.2) is 66.7 Å². The van der Waals surface area contributed by atoms with Crippen molar-refractivity contribution >= 4 is 5.97 Å². The summed E-state index contributed by atoms with van der Waals surface area (Å²) in [6, 6.07) is 18.6. The van der Waals surface area contributed by atoms with Gasteiger partial charge in [-0.15, -0.1) is 0 Å². The van der Waals surface area contributed by atoms with Crippen LogP contribution in [0.2, 0.25) is 0 Å². The third-order valence-electron chi connectivity index (χ3n) is 5.29. The third kappa shape index (κ3) is 3.54. The molecule has 0 bridgehead atoms. The molecule has 0 aliphatic heterocycles. The van der Waals surface area contributed by atoms with Crippen LogP contribution >= 0.6 is 0 Å². The number of hydrogen-bond acceptors (Lipinski definition) is 5. The molecule has 0 saturated heterocycles. The van der Waals surface area contributed by atoms with Crippen molar-refractivity contribution in [1.29, 1.82) is 0 Å².